The van der Waals surface area contributed by atoms with Gasteiger partial charge in [-0.2, -0.15) is 0 Å². The summed E-state index contributed by atoms with van der Waals surface area (Å²) in [4.78, 5) is 19.9. The molecule has 144 valence electrons. The topological polar surface area (TPSA) is 39.9 Å². The minimum atomic E-state index is 0.131. The Morgan fingerprint density at radius 3 is 2.41 bits per heavy atom. The van der Waals surface area contributed by atoms with Gasteiger partial charge in [0, 0.05) is 37.9 Å². The number of nitrogens with zero attached hydrogens (tertiary/aromatic N) is 3. The highest BCUT2D eigenvalue weighted by atomic mass is 16.3. The van der Waals surface area contributed by atoms with Gasteiger partial charge in [0.2, 0.25) is 5.91 Å². The summed E-state index contributed by atoms with van der Waals surface area (Å²) < 4.78 is 5.48. The molecular weight excluding hydrogens is 338 g/mol. The summed E-state index contributed by atoms with van der Waals surface area (Å²) in [6.07, 6.45) is 7.11. The van der Waals surface area contributed by atoms with Crippen molar-refractivity contribution in [1.29, 1.82) is 0 Å². The Morgan fingerprint density at radius 1 is 1.00 bits per heavy atom. The SMILES string of the molecule is O=C(CN1CCN(C2CCCC2)CC1)N(Cc1ccco1)c1ccccc1. The number of hydrogen-bond donors (Lipinski definition) is 0. The van der Waals surface area contributed by atoms with E-state index in [-0.39, 0.29) is 5.91 Å². The quantitative estimate of drug-likeness (QED) is 0.785. The molecule has 1 amide bonds. The van der Waals surface area contributed by atoms with Crippen molar-refractivity contribution in [3.63, 3.8) is 0 Å². The molecule has 1 saturated carbocycles. The second-order valence-corrected chi connectivity index (χ2v) is 7.65. The van der Waals surface area contributed by atoms with Crippen molar-refractivity contribution in [3.8, 4) is 0 Å². The van der Waals surface area contributed by atoms with Crippen molar-refractivity contribution in [1.82, 2.24) is 9.80 Å². The number of anilines is 1. The molecule has 2 aliphatic rings. The molecule has 2 fully saturated rings. The summed E-state index contributed by atoms with van der Waals surface area (Å²) in [7, 11) is 0. The Bertz CT molecular complexity index is 702. The lowest BCUT2D eigenvalue weighted by molar-refractivity contribution is -0.120. The number of benzene rings is 1. The van der Waals surface area contributed by atoms with Crippen LogP contribution in [-0.2, 0) is 11.3 Å². The molecule has 1 aliphatic carbocycles. The van der Waals surface area contributed by atoms with Crippen LogP contribution in [-0.4, -0.2) is 54.5 Å². The lowest BCUT2D eigenvalue weighted by Gasteiger charge is -2.38. The Kier molecular flexibility index (Phi) is 5.90. The predicted molar refractivity (Wildman–Crippen MR) is 107 cm³/mol. The third kappa shape index (κ3) is 4.60. The van der Waals surface area contributed by atoms with Crippen molar-refractivity contribution in [2.45, 2.75) is 38.3 Å². The van der Waals surface area contributed by atoms with Gasteiger partial charge in [0.1, 0.15) is 5.76 Å². The summed E-state index contributed by atoms with van der Waals surface area (Å²) in [6.45, 7) is 5.06. The maximum absolute atomic E-state index is 13.1. The van der Waals surface area contributed by atoms with Crippen LogP contribution in [0.25, 0.3) is 0 Å². The Morgan fingerprint density at radius 2 is 1.74 bits per heavy atom. The van der Waals surface area contributed by atoms with E-state index < -0.39 is 0 Å². The van der Waals surface area contributed by atoms with Gasteiger partial charge in [-0.3, -0.25) is 14.6 Å². The molecule has 0 N–H and O–H groups in total. The third-order valence-electron chi connectivity index (χ3n) is 5.87. The number of rotatable bonds is 6. The normalized spacial score (nSPS) is 19.4. The van der Waals surface area contributed by atoms with Crippen LogP contribution in [0.15, 0.2) is 53.1 Å². The van der Waals surface area contributed by atoms with Crippen LogP contribution in [0, 0.1) is 0 Å². The zero-order chi connectivity index (χ0) is 18.5. The molecule has 2 aromatic rings. The Balaban J connectivity index is 1.37. The molecule has 0 bridgehead atoms. The summed E-state index contributed by atoms with van der Waals surface area (Å²) in [5.41, 5.74) is 0.920. The second kappa shape index (κ2) is 8.72. The van der Waals surface area contributed by atoms with Crippen LogP contribution in [0.2, 0.25) is 0 Å². The van der Waals surface area contributed by atoms with E-state index in [0.717, 1.165) is 43.7 Å². The first-order valence-corrected chi connectivity index (χ1v) is 10.1. The first-order valence-electron chi connectivity index (χ1n) is 10.1. The monoisotopic (exact) mass is 367 g/mol. The van der Waals surface area contributed by atoms with Crippen molar-refractivity contribution in [2.24, 2.45) is 0 Å². The molecule has 1 aromatic heterocycles. The molecule has 0 spiro atoms. The molecule has 4 rings (SSSR count). The maximum atomic E-state index is 13.1. The fourth-order valence-corrected chi connectivity index (χ4v) is 4.32. The molecule has 0 unspecified atom stereocenters. The fraction of sp³-hybridized carbons (Fsp3) is 0.500. The molecule has 5 heteroatoms. The predicted octanol–water partition coefficient (Wildman–Crippen LogP) is 3.37. The lowest BCUT2D eigenvalue weighted by Crippen LogP contribution is -2.52. The van der Waals surface area contributed by atoms with Crippen molar-refractivity contribution >= 4 is 11.6 Å². The van der Waals surface area contributed by atoms with E-state index in [4.69, 9.17) is 4.42 Å². The fourth-order valence-electron chi connectivity index (χ4n) is 4.32. The van der Waals surface area contributed by atoms with Gasteiger partial charge < -0.3 is 9.32 Å². The summed E-state index contributed by atoms with van der Waals surface area (Å²) >= 11 is 0. The van der Waals surface area contributed by atoms with E-state index in [1.54, 1.807) is 6.26 Å². The lowest BCUT2D eigenvalue weighted by atomic mass is 10.2. The highest BCUT2D eigenvalue weighted by Gasteiger charge is 2.28. The largest absolute Gasteiger partial charge is 0.467 e. The number of piperazine rings is 1. The molecular formula is C22H29N3O2. The highest BCUT2D eigenvalue weighted by Crippen LogP contribution is 2.24. The molecule has 1 aliphatic heterocycles. The van der Waals surface area contributed by atoms with Gasteiger partial charge in [0.05, 0.1) is 19.4 Å². The number of amides is 1. The zero-order valence-corrected chi connectivity index (χ0v) is 15.9. The van der Waals surface area contributed by atoms with Gasteiger partial charge in [-0.25, -0.2) is 0 Å². The van der Waals surface area contributed by atoms with Crippen LogP contribution >= 0.6 is 0 Å². The second-order valence-electron chi connectivity index (χ2n) is 7.65. The van der Waals surface area contributed by atoms with Crippen molar-refractivity contribution in [3.05, 3.63) is 54.5 Å². The number of carbonyl (C=O) groups excluding carboxylic acids is 1. The van der Waals surface area contributed by atoms with Gasteiger partial charge in [0.15, 0.2) is 0 Å². The van der Waals surface area contributed by atoms with E-state index in [2.05, 4.69) is 9.80 Å². The summed E-state index contributed by atoms with van der Waals surface area (Å²) in [5.74, 6) is 0.935. The van der Waals surface area contributed by atoms with Gasteiger partial charge in [0.25, 0.3) is 0 Å². The van der Waals surface area contributed by atoms with Crippen LogP contribution in [0.5, 0.6) is 0 Å². The minimum absolute atomic E-state index is 0.131. The van der Waals surface area contributed by atoms with E-state index in [1.807, 2.05) is 47.4 Å². The molecule has 1 aromatic carbocycles. The first-order chi connectivity index (χ1) is 13.3. The average Bonchev–Trinajstić information content (AvgIpc) is 3.41. The van der Waals surface area contributed by atoms with Crippen LogP contribution in [0.1, 0.15) is 31.4 Å². The molecule has 0 radical (unpaired) electrons. The molecule has 27 heavy (non-hydrogen) atoms. The Hall–Kier alpha value is -2.11. The van der Waals surface area contributed by atoms with Crippen LogP contribution < -0.4 is 4.90 Å². The van der Waals surface area contributed by atoms with E-state index in [0.29, 0.717) is 13.1 Å². The first kappa shape index (κ1) is 18.3. The van der Waals surface area contributed by atoms with Gasteiger partial charge >= 0.3 is 0 Å². The van der Waals surface area contributed by atoms with Gasteiger partial charge in [-0.15, -0.1) is 0 Å². The number of carbonyl (C=O) groups is 1. The van der Waals surface area contributed by atoms with Crippen LogP contribution in [0.4, 0.5) is 5.69 Å². The van der Waals surface area contributed by atoms with Crippen LogP contribution in [0.3, 0.4) is 0 Å². The van der Waals surface area contributed by atoms with Gasteiger partial charge in [-0.05, 0) is 37.1 Å². The molecule has 5 nitrogen and oxygen atoms in total. The zero-order valence-electron chi connectivity index (χ0n) is 15.9. The Labute approximate surface area is 161 Å². The van der Waals surface area contributed by atoms with E-state index >= 15 is 0 Å². The van der Waals surface area contributed by atoms with E-state index in [1.165, 1.54) is 25.7 Å². The minimum Gasteiger partial charge on any atom is -0.467 e. The third-order valence-corrected chi connectivity index (χ3v) is 5.87. The molecule has 0 atom stereocenters. The standard InChI is InChI=1S/C22H29N3O2/c26-22(18-23-12-14-24(15-13-23)19-7-4-5-8-19)25(17-21-11-6-16-27-21)20-9-2-1-3-10-20/h1-3,6,9-11,16,19H,4-5,7-8,12-15,17-18H2. The molecule has 1 saturated heterocycles. The number of hydrogen-bond acceptors (Lipinski definition) is 4. The van der Waals surface area contributed by atoms with Crippen molar-refractivity contribution < 1.29 is 9.21 Å². The number of para-hydroxylation sites is 1. The highest BCUT2D eigenvalue weighted by molar-refractivity contribution is 5.94. The van der Waals surface area contributed by atoms with E-state index in [9.17, 15) is 4.79 Å². The van der Waals surface area contributed by atoms with Gasteiger partial charge in [-0.1, -0.05) is 31.0 Å². The number of furan rings is 1. The maximum Gasteiger partial charge on any atom is 0.241 e. The summed E-state index contributed by atoms with van der Waals surface area (Å²) in [6, 6.07) is 14.5. The molecule has 2 heterocycles. The summed E-state index contributed by atoms with van der Waals surface area (Å²) in [5, 5.41) is 0. The average molecular weight is 367 g/mol. The van der Waals surface area contributed by atoms with Crippen molar-refractivity contribution in [2.75, 3.05) is 37.6 Å². The smallest absolute Gasteiger partial charge is 0.241 e.